The normalized spacial score (nSPS) is 19.8. The lowest BCUT2D eigenvalue weighted by Gasteiger charge is -2.33. The average molecular weight is 464 g/mol. The van der Waals surface area contributed by atoms with Crippen LogP contribution in [-0.4, -0.2) is 82.8 Å². The van der Waals surface area contributed by atoms with Crippen LogP contribution in [0.5, 0.6) is 0 Å². The molecule has 1 aliphatic heterocycles. The van der Waals surface area contributed by atoms with Gasteiger partial charge in [-0.25, -0.2) is 9.59 Å². The van der Waals surface area contributed by atoms with Gasteiger partial charge in [0.1, 0.15) is 18.4 Å². The van der Waals surface area contributed by atoms with Gasteiger partial charge < -0.3 is 29.3 Å². The number of carbonyl (C=O) groups excluding carboxylic acids is 4. The van der Waals surface area contributed by atoms with Gasteiger partial charge in [0.2, 0.25) is 11.8 Å². The van der Waals surface area contributed by atoms with Crippen molar-refractivity contribution in [3.8, 4) is 0 Å². The zero-order chi connectivity index (χ0) is 24.0. The van der Waals surface area contributed by atoms with Gasteiger partial charge in [-0.1, -0.05) is 6.92 Å². The van der Waals surface area contributed by atoms with E-state index < -0.39 is 61.9 Å². The molecule has 31 heavy (non-hydrogen) atoms. The molecule has 1 aliphatic rings. The van der Waals surface area contributed by atoms with E-state index in [1.807, 2.05) is 0 Å². The number of urea groups is 1. The van der Waals surface area contributed by atoms with Gasteiger partial charge in [-0.15, -0.1) is 0 Å². The molecular formula is C18H33N4O8P. The van der Waals surface area contributed by atoms with Crippen LogP contribution in [0.4, 0.5) is 9.59 Å². The fraction of sp³-hybridized carbons (Fsp3) is 0.778. The van der Waals surface area contributed by atoms with E-state index in [4.69, 9.17) is 9.26 Å². The Hall–Kier alpha value is -2.17. The smallest absolute Gasteiger partial charge is 0.407 e. The fourth-order valence-corrected chi connectivity index (χ4v) is 3.98. The Bertz CT molecular complexity index is 739. The van der Waals surface area contributed by atoms with Gasteiger partial charge in [0, 0.05) is 19.1 Å². The summed E-state index contributed by atoms with van der Waals surface area (Å²) in [5, 5.41) is 4.72. The average Bonchev–Trinajstić information content (AvgIpc) is 2.56. The first-order valence-electron chi connectivity index (χ1n) is 9.97. The van der Waals surface area contributed by atoms with Crippen molar-refractivity contribution in [1.29, 1.82) is 0 Å². The summed E-state index contributed by atoms with van der Waals surface area (Å²) in [6.45, 7) is 9.33. The predicted octanol–water partition coefficient (Wildman–Crippen LogP) is 1.10. The number of ether oxygens (including phenoxy) is 1. The Kier molecular flexibility index (Phi) is 9.46. The molecular weight excluding hydrogens is 431 g/mol. The van der Waals surface area contributed by atoms with E-state index in [2.05, 4.69) is 10.6 Å². The molecule has 5 amide bonds. The van der Waals surface area contributed by atoms with E-state index in [1.54, 1.807) is 34.6 Å². The van der Waals surface area contributed by atoms with Crippen LogP contribution in [0.1, 0.15) is 41.5 Å². The largest absolute Gasteiger partial charge is 0.444 e. The third kappa shape index (κ3) is 9.67. The van der Waals surface area contributed by atoms with Crippen molar-refractivity contribution < 1.29 is 37.9 Å². The fourth-order valence-electron chi connectivity index (χ4n) is 2.79. The van der Waals surface area contributed by atoms with Crippen LogP contribution < -0.4 is 10.6 Å². The van der Waals surface area contributed by atoms with Crippen molar-refractivity contribution >= 4 is 31.5 Å². The Balaban J connectivity index is 2.88. The first-order valence-corrected chi connectivity index (χ1v) is 11.7. The molecule has 1 fully saturated rings. The van der Waals surface area contributed by atoms with Crippen LogP contribution in [-0.2, 0) is 23.4 Å². The second-order valence-corrected chi connectivity index (χ2v) is 10.3. The first kappa shape index (κ1) is 26.9. The minimum atomic E-state index is -4.13. The summed E-state index contributed by atoms with van der Waals surface area (Å²) < 4.78 is 22.3. The number of hydrogen-bond acceptors (Lipinski definition) is 7. The van der Waals surface area contributed by atoms with E-state index in [0.717, 1.165) is 9.80 Å². The molecule has 0 aromatic carbocycles. The Morgan fingerprint density at radius 3 is 2.55 bits per heavy atom. The molecule has 0 bridgehead atoms. The molecule has 0 spiro atoms. The number of imide groups is 1. The van der Waals surface area contributed by atoms with Crippen molar-refractivity contribution in [2.75, 3.05) is 32.5 Å². The van der Waals surface area contributed by atoms with Crippen molar-refractivity contribution in [3.63, 3.8) is 0 Å². The van der Waals surface area contributed by atoms with Gasteiger partial charge in [0.25, 0.3) is 0 Å². The lowest BCUT2D eigenvalue weighted by Crippen LogP contribution is -2.57. The van der Waals surface area contributed by atoms with Crippen LogP contribution in [0.15, 0.2) is 0 Å². The van der Waals surface area contributed by atoms with Crippen LogP contribution >= 0.6 is 7.60 Å². The number of rotatable bonds is 9. The maximum atomic E-state index is 12.9. The van der Waals surface area contributed by atoms with Crippen molar-refractivity contribution in [3.05, 3.63) is 0 Å². The molecule has 0 aromatic heterocycles. The molecule has 2 unspecified atom stereocenters. The highest BCUT2D eigenvalue weighted by atomic mass is 31.2. The molecule has 1 heterocycles. The van der Waals surface area contributed by atoms with E-state index >= 15 is 0 Å². The Labute approximate surface area is 182 Å². The molecule has 0 aliphatic carbocycles. The second-order valence-electron chi connectivity index (χ2n) is 8.44. The molecule has 0 radical (unpaired) electrons. The van der Waals surface area contributed by atoms with Gasteiger partial charge in [-0.2, -0.15) is 0 Å². The molecule has 1 rings (SSSR count). The highest BCUT2D eigenvalue weighted by Crippen LogP contribution is 2.42. The van der Waals surface area contributed by atoms with Crippen molar-refractivity contribution in [2.45, 2.75) is 53.2 Å². The number of nitrogens with zero attached hydrogens (tertiary/aromatic N) is 2. The van der Waals surface area contributed by atoms with Gasteiger partial charge >= 0.3 is 19.7 Å². The lowest BCUT2D eigenvalue weighted by atomic mass is 10.1. The minimum Gasteiger partial charge on any atom is -0.444 e. The van der Waals surface area contributed by atoms with Gasteiger partial charge in [-0.3, -0.25) is 19.5 Å². The molecule has 3 N–H and O–H groups in total. The standard InChI is InChI=1S/C18H33N4O8P/c1-7-29-31(27,28)11-22(9-13(3)19-17(26)30-18(4,5)6)14(23)10-21-8-12(2)15(24)20-16(21)25/h12-13H,7-11H2,1-6H3,(H,19,26)(H,27,28)(H,20,24,25)/t12?,13-/m0/s1. The Morgan fingerprint density at radius 2 is 2.00 bits per heavy atom. The molecule has 3 atom stereocenters. The van der Waals surface area contributed by atoms with Crippen LogP contribution in [0.3, 0.4) is 0 Å². The lowest BCUT2D eigenvalue weighted by molar-refractivity contribution is -0.133. The number of amides is 5. The first-order chi connectivity index (χ1) is 14.1. The Morgan fingerprint density at radius 1 is 1.39 bits per heavy atom. The summed E-state index contributed by atoms with van der Waals surface area (Å²) in [7, 11) is -4.13. The topological polar surface area (TPSA) is 155 Å². The highest BCUT2D eigenvalue weighted by Gasteiger charge is 2.34. The summed E-state index contributed by atoms with van der Waals surface area (Å²) in [6.07, 6.45) is -1.32. The second kappa shape index (κ2) is 10.9. The minimum absolute atomic E-state index is 0.0321. The molecule has 13 heteroatoms. The quantitative estimate of drug-likeness (QED) is 0.429. The summed E-state index contributed by atoms with van der Waals surface area (Å²) in [5.41, 5.74) is -0.717. The molecule has 0 aromatic rings. The zero-order valence-electron chi connectivity index (χ0n) is 18.8. The van der Waals surface area contributed by atoms with Crippen molar-refractivity contribution in [1.82, 2.24) is 20.4 Å². The van der Waals surface area contributed by atoms with Gasteiger partial charge in [0.05, 0.1) is 12.5 Å². The van der Waals surface area contributed by atoms with E-state index in [9.17, 15) is 28.6 Å². The maximum absolute atomic E-state index is 12.9. The molecule has 178 valence electrons. The monoisotopic (exact) mass is 464 g/mol. The number of carbonyl (C=O) groups is 4. The number of hydrogen-bond donors (Lipinski definition) is 3. The van der Waals surface area contributed by atoms with Crippen LogP contribution in [0.25, 0.3) is 0 Å². The summed E-state index contributed by atoms with van der Waals surface area (Å²) in [6, 6.07) is -1.34. The van der Waals surface area contributed by atoms with Gasteiger partial charge in [-0.05, 0) is 34.6 Å². The third-order valence-corrected chi connectivity index (χ3v) is 5.44. The SMILES string of the molecule is CCOP(=O)(O)CN(C[C@H](C)NC(=O)OC(C)(C)C)C(=O)CN1CC(C)C(=O)NC1=O. The van der Waals surface area contributed by atoms with Crippen molar-refractivity contribution in [2.24, 2.45) is 5.92 Å². The number of nitrogens with one attached hydrogen (secondary N) is 2. The third-order valence-electron chi connectivity index (χ3n) is 4.08. The van der Waals surface area contributed by atoms with Crippen LogP contribution in [0, 0.1) is 5.92 Å². The maximum Gasteiger partial charge on any atom is 0.407 e. The summed E-state index contributed by atoms with van der Waals surface area (Å²) in [5.74, 6) is -1.57. The molecule has 0 saturated carbocycles. The molecule has 1 saturated heterocycles. The van der Waals surface area contributed by atoms with E-state index in [-0.39, 0.29) is 19.7 Å². The predicted molar refractivity (Wildman–Crippen MR) is 111 cm³/mol. The van der Waals surface area contributed by atoms with E-state index in [1.165, 1.54) is 6.92 Å². The summed E-state index contributed by atoms with van der Waals surface area (Å²) in [4.78, 5) is 60.6. The molecule has 12 nitrogen and oxygen atoms in total. The zero-order valence-corrected chi connectivity index (χ0v) is 19.7. The highest BCUT2D eigenvalue weighted by molar-refractivity contribution is 7.52. The summed E-state index contributed by atoms with van der Waals surface area (Å²) >= 11 is 0. The van der Waals surface area contributed by atoms with Gasteiger partial charge in [0.15, 0.2) is 0 Å². The van der Waals surface area contributed by atoms with E-state index in [0.29, 0.717) is 0 Å². The number of alkyl carbamates (subject to hydrolysis) is 1. The van der Waals surface area contributed by atoms with Crippen LogP contribution in [0.2, 0.25) is 0 Å².